The van der Waals surface area contributed by atoms with Gasteiger partial charge in [-0.15, -0.1) is 0 Å². The predicted molar refractivity (Wildman–Crippen MR) is 83.5 cm³/mol. The maximum absolute atomic E-state index is 13.8. The van der Waals surface area contributed by atoms with Gasteiger partial charge in [-0.3, -0.25) is 0 Å². The Kier molecular flexibility index (Phi) is 4.53. The van der Waals surface area contributed by atoms with Crippen LogP contribution in [0.4, 0.5) is 16.3 Å². The van der Waals surface area contributed by atoms with Crippen LogP contribution in [0.2, 0.25) is 5.02 Å². The molecule has 1 heterocycles. The van der Waals surface area contributed by atoms with Gasteiger partial charge in [-0.2, -0.15) is 20.2 Å². The highest BCUT2D eigenvalue weighted by Crippen LogP contribution is 2.24. The molecule has 8 heteroatoms. The van der Waals surface area contributed by atoms with Crippen molar-refractivity contribution >= 4 is 35.1 Å². The fourth-order valence-corrected chi connectivity index (χ4v) is 1.86. The fraction of sp³-hybridized carbons (Fsp3) is 0.143. The van der Waals surface area contributed by atoms with Crippen molar-refractivity contribution in [2.75, 3.05) is 24.7 Å². The number of rotatable bonds is 3. The summed E-state index contributed by atoms with van der Waals surface area (Å²) in [6.07, 6.45) is 1.28. The molecule has 0 aliphatic heterocycles. The number of allylic oxidation sites excluding steroid dienone is 1. The average Bonchev–Trinajstić information content (AvgIpc) is 2.46. The van der Waals surface area contributed by atoms with Crippen LogP contribution < -0.4 is 10.6 Å². The summed E-state index contributed by atoms with van der Waals surface area (Å²) < 4.78 is 13.8. The zero-order chi connectivity index (χ0) is 16.3. The van der Waals surface area contributed by atoms with Gasteiger partial charge < -0.3 is 10.6 Å². The molecule has 6 nitrogen and oxygen atoms in total. The van der Waals surface area contributed by atoms with Crippen molar-refractivity contribution in [2.45, 2.75) is 0 Å². The molecule has 0 bridgehead atoms. The van der Waals surface area contributed by atoms with Gasteiger partial charge in [0.1, 0.15) is 11.9 Å². The van der Waals surface area contributed by atoms with E-state index in [1.165, 1.54) is 24.3 Å². The number of hydrogen-bond acceptors (Lipinski definition) is 6. The Labute approximate surface area is 131 Å². The summed E-state index contributed by atoms with van der Waals surface area (Å²) in [4.78, 5) is 13.6. The molecule has 22 heavy (non-hydrogen) atoms. The molecule has 1 aromatic carbocycles. The second-order valence-electron chi connectivity index (χ2n) is 4.52. The van der Waals surface area contributed by atoms with Crippen LogP contribution in [0.25, 0.3) is 11.6 Å². The molecule has 0 aliphatic rings. The highest BCUT2D eigenvalue weighted by Gasteiger charge is 2.13. The smallest absolute Gasteiger partial charge is 0.230 e. The molecule has 2 N–H and O–H groups in total. The Morgan fingerprint density at radius 2 is 2.09 bits per heavy atom. The lowest BCUT2D eigenvalue weighted by atomic mass is 10.1. The van der Waals surface area contributed by atoms with E-state index in [1.54, 1.807) is 19.0 Å². The van der Waals surface area contributed by atoms with Gasteiger partial charge in [0.15, 0.2) is 5.82 Å². The van der Waals surface area contributed by atoms with E-state index in [2.05, 4.69) is 15.0 Å². The van der Waals surface area contributed by atoms with E-state index < -0.39 is 5.82 Å². The first-order valence-corrected chi connectivity index (χ1v) is 6.55. The van der Waals surface area contributed by atoms with Gasteiger partial charge in [-0.05, 0) is 18.2 Å². The lowest BCUT2D eigenvalue weighted by Gasteiger charge is -2.11. The van der Waals surface area contributed by atoms with E-state index in [0.717, 1.165) is 0 Å². The summed E-state index contributed by atoms with van der Waals surface area (Å²) >= 11 is 5.95. The Balaban J connectivity index is 2.58. The molecular weight excluding hydrogens is 307 g/mol. The number of nitrogens with zero attached hydrogens (tertiary/aromatic N) is 5. The van der Waals surface area contributed by atoms with Crippen molar-refractivity contribution in [3.8, 4) is 6.07 Å². The topological polar surface area (TPSA) is 91.7 Å². The molecular formula is C14H12ClFN6. The third-order valence-electron chi connectivity index (χ3n) is 2.69. The first-order chi connectivity index (χ1) is 10.4. The lowest BCUT2D eigenvalue weighted by Crippen LogP contribution is -2.15. The quantitative estimate of drug-likeness (QED) is 0.873. The SMILES string of the molecule is CN(C)c1nc(N)nc(C(C#N)=Cc2c(F)cccc2Cl)n1. The molecule has 0 aliphatic carbocycles. The van der Waals surface area contributed by atoms with E-state index in [4.69, 9.17) is 17.3 Å². The van der Waals surface area contributed by atoms with Gasteiger partial charge in [-0.25, -0.2) is 4.39 Å². The Morgan fingerprint density at radius 3 is 2.68 bits per heavy atom. The highest BCUT2D eigenvalue weighted by atomic mass is 35.5. The van der Waals surface area contributed by atoms with Crippen LogP contribution >= 0.6 is 11.6 Å². The van der Waals surface area contributed by atoms with Gasteiger partial charge in [-0.1, -0.05) is 17.7 Å². The first-order valence-electron chi connectivity index (χ1n) is 6.17. The molecule has 0 unspecified atom stereocenters. The molecule has 2 rings (SSSR count). The van der Waals surface area contributed by atoms with Gasteiger partial charge in [0.25, 0.3) is 0 Å². The van der Waals surface area contributed by atoms with Gasteiger partial charge >= 0.3 is 0 Å². The predicted octanol–water partition coefficient (Wildman–Crippen LogP) is 2.38. The molecule has 0 spiro atoms. The Bertz CT molecular complexity index is 761. The third-order valence-corrected chi connectivity index (χ3v) is 3.02. The van der Waals surface area contributed by atoms with Crippen LogP contribution in [0.1, 0.15) is 11.4 Å². The fourth-order valence-electron chi connectivity index (χ4n) is 1.64. The zero-order valence-electron chi connectivity index (χ0n) is 11.9. The number of nitrogens with two attached hydrogens (primary N) is 1. The summed E-state index contributed by atoms with van der Waals surface area (Å²) in [7, 11) is 3.45. The van der Waals surface area contributed by atoms with Gasteiger partial charge in [0, 0.05) is 19.7 Å². The van der Waals surface area contributed by atoms with Gasteiger partial charge in [0.2, 0.25) is 11.9 Å². The molecule has 0 saturated heterocycles. The largest absolute Gasteiger partial charge is 0.368 e. The highest BCUT2D eigenvalue weighted by molar-refractivity contribution is 6.32. The summed E-state index contributed by atoms with van der Waals surface area (Å²) in [5.74, 6) is -0.231. The van der Waals surface area contributed by atoms with E-state index in [1.807, 2.05) is 6.07 Å². The standard InChI is InChI=1S/C14H12ClFN6/c1-22(2)14-20-12(19-13(18)21-14)8(7-17)6-9-10(15)4-3-5-11(9)16/h3-6H,1-2H3,(H2,18,19,20,21). The maximum atomic E-state index is 13.8. The van der Waals surface area contributed by atoms with Crippen LogP contribution in [-0.2, 0) is 0 Å². The number of halogens is 2. The zero-order valence-corrected chi connectivity index (χ0v) is 12.6. The summed E-state index contributed by atoms with van der Waals surface area (Å²) in [6, 6.07) is 6.18. The molecule has 0 saturated carbocycles. The molecule has 112 valence electrons. The first kappa shape index (κ1) is 15.7. The second kappa shape index (κ2) is 6.37. The van der Waals surface area contributed by atoms with E-state index >= 15 is 0 Å². The summed E-state index contributed by atoms with van der Waals surface area (Å²) in [5.41, 5.74) is 5.74. The molecule has 2 aromatic rings. The number of nitrogen functional groups attached to an aromatic ring is 1. The normalized spacial score (nSPS) is 11.1. The van der Waals surface area contributed by atoms with Crippen molar-refractivity contribution in [2.24, 2.45) is 0 Å². The van der Waals surface area contributed by atoms with Crippen molar-refractivity contribution < 1.29 is 4.39 Å². The van der Waals surface area contributed by atoms with Crippen LogP contribution in [0, 0.1) is 17.1 Å². The van der Waals surface area contributed by atoms with Crippen molar-refractivity contribution in [3.05, 3.63) is 40.4 Å². The summed E-state index contributed by atoms with van der Waals surface area (Å²) in [5, 5.41) is 9.49. The number of benzene rings is 1. The molecule has 0 radical (unpaired) electrons. The van der Waals surface area contributed by atoms with Crippen LogP contribution in [0.3, 0.4) is 0 Å². The lowest BCUT2D eigenvalue weighted by molar-refractivity contribution is 0.625. The second-order valence-corrected chi connectivity index (χ2v) is 4.92. The van der Waals surface area contributed by atoms with Crippen LogP contribution in [-0.4, -0.2) is 29.0 Å². The minimum Gasteiger partial charge on any atom is -0.368 e. The molecule has 0 fully saturated rings. The van der Waals surface area contributed by atoms with E-state index in [0.29, 0.717) is 5.95 Å². The average molecular weight is 319 g/mol. The van der Waals surface area contributed by atoms with E-state index in [-0.39, 0.29) is 27.9 Å². The number of anilines is 2. The molecule has 0 amide bonds. The Hall–Kier alpha value is -2.72. The van der Waals surface area contributed by atoms with Crippen molar-refractivity contribution in [1.82, 2.24) is 15.0 Å². The van der Waals surface area contributed by atoms with Crippen molar-refractivity contribution in [1.29, 1.82) is 5.26 Å². The Morgan fingerprint density at radius 1 is 1.36 bits per heavy atom. The maximum Gasteiger partial charge on any atom is 0.230 e. The molecule has 1 aromatic heterocycles. The minimum atomic E-state index is -0.546. The number of nitriles is 1. The summed E-state index contributed by atoms with van der Waals surface area (Å²) in [6.45, 7) is 0. The van der Waals surface area contributed by atoms with E-state index in [9.17, 15) is 9.65 Å². The third kappa shape index (κ3) is 3.30. The number of hydrogen-bond donors (Lipinski definition) is 1. The minimum absolute atomic E-state index is 0.0317. The monoisotopic (exact) mass is 318 g/mol. The molecule has 0 atom stereocenters. The number of aromatic nitrogens is 3. The van der Waals surface area contributed by atoms with Gasteiger partial charge in [0.05, 0.1) is 10.6 Å². The van der Waals surface area contributed by atoms with Crippen LogP contribution in [0.5, 0.6) is 0 Å². The van der Waals surface area contributed by atoms with Crippen LogP contribution in [0.15, 0.2) is 18.2 Å². The van der Waals surface area contributed by atoms with Crippen molar-refractivity contribution in [3.63, 3.8) is 0 Å².